The van der Waals surface area contributed by atoms with Crippen LogP contribution in [0.4, 0.5) is 0 Å². The number of hydrogen-bond acceptors (Lipinski definition) is 6. The Kier molecular flexibility index (Phi) is 7.60. The van der Waals surface area contributed by atoms with Crippen LogP contribution in [0.3, 0.4) is 0 Å². The van der Waals surface area contributed by atoms with E-state index in [-0.39, 0.29) is 11.6 Å². The Bertz CT molecular complexity index is 781. The molecule has 0 amide bonds. The number of rotatable bonds is 10. The molecule has 0 atom stereocenters. The average molecular weight is 362 g/mol. The first-order chi connectivity index (χ1) is 12.2. The van der Waals surface area contributed by atoms with Crippen molar-refractivity contribution in [1.29, 1.82) is 0 Å². The van der Waals surface area contributed by atoms with Gasteiger partial charge in [0.25, 0.3) is 0 Å². The zero-order chi connectivity index (χ0) is 18.1. The molecule has 0 N–H and O–H groups in total. The van der Waals surface area contributed by atoms with Gasteiger partial charge in [0.05, 0.1) is 13.7 Å². The summed E-state index contributed by atoms with van der Waals surface area (Å²) in [6.45, 7) is 3.79. The Hall–Kier alpha value is -2.21. The Labute approximate surface area is 151 Å². The number of ether oxygens (including phenoxy) is 2. The number of hydrogen-bond donors (Lipinski definition) is 0. The van der Waals surface area contributed by atoms with Crippen LogP contribution in [0.25, 0.3) is 11.0 Å². The number of fused-ring (bicyclic) bond motifs is 1. The van der Waals surface area contributed by atoms with Gasteiger partial charge in [-0.3, -0.25) is 0 Å². The molecule has 0 aliphatic heterocycles. The second-order valence-electron chi connectivity index (χ2n) is 5.40. The van der Waals surface area contributed by atoms with Crippen molar-refractivity contribution < 1.29 is 18.7 Å². The molecule has 25 heavy (non-hydrogen) atoms. The molecule has 0 unspecified atom stereocenters. The molecule has 1 aromatic heterocycles. The van der Waals surface area contributed by atoms with E-state index in [1.165, 1.54) is 12.1 Å². The highest BCUT2D eigenvalue weighted by molar-refractivity contribution is 7.99. The highest BCUT2D eigenvalue weighted by Gasteiger charge is 2.10. The standard InChI is InChI=1S/C19H22O5S/c1-3-17(20)23-11-6-4-5-7-12-25-16-13-18(21)24-19-14(16)9-8-10-15(19)22-2/h3,8-10,13H,1,4-7,11-12H2,2H3. The SMILES string of the molecule is C=CC(=O)OCCCCCCSc1cc(=O)oc2c(OC)cccc12. The van der Waals surface area contributed by atoms with Gasteiger partial charge in [-0.1, -0.05) is 25.5 Å². The van der Waals surface area contributed by atoms with Crippen molar-refractivity contribution in [3.8, 4) is 5.75 Å². The van der Waals surface area contributed by atoms with Crippen molar-refractivity contribution >= 4 is 28.7 Å². The zero-order valence-electron chi connectivity index (χ0n) is 14.3. The zero-order valence-corrected chi connectivity index (χ0v) is 15.1. The maximum absolute atomic E-state index is 11.8. The van der Waals surface area contributed by atoms with Crippen molar-refractivity contribution in [2.45, 2.75) is 30.6 Å². The third-order valence-electron chi connectivity index (χ3n) is 3.62. The van der Waals surface area contributed by atoms with Crippen LogP contribution in [0.15, 0.2) is 51.0 Å². The first-order valence-corrected chi connectivity index (χ1v) is 9.17. The molecule has 0 saturated heterocycles. The topological polar surface area (TPSA) is 65.7 Å². The summed E-state index contributed by atoms with van der Waals surface area (Å²) >= 11 is 1.64. The normalized spacial score (nSPS) is 10.6. The van der Waals surface area contributed by atoms with E-state index in [9.17, 15) is 9.59 Å². The van der Waals surface area contributed by atoms with Gasteiger partial charge in [0, 0.05) is 22.4 Å². The van der Waals surface area contributed by atoms with Crippen molar-refractivity contribution in [3.05, 3.63) is 47.3 Å². The molecule has 2 rings (SSSR count). The van der Waals surface area contributed by atoms with E-state index in [1.807, 2.05) is 12.1 Å². The second-order valence-corrected chi connectivity index (χ2v) is 6.54. The monoisotopic (exact) mass is 362 g/mol. The van der Waals surface area contributed by atoms with Crippen LogP contribution in [0, 0.1) is 0 Å². The predicted molar refractivity (Wildman–Crippen MR) is 99.4 cm³/mol. The van der Waals surface area contributed by atoms with Crippen LogP contribution in [0.2, 0.25) is 0 Å². The van der Waals surface area contributed by atoms with E-state index < -0.39 is 0 Å². The third-order valence-corrected chi connectivity index (χ3v) is 4.76. The summed E-state index contributed by atoms with van der Waals surface area (Å²) in [7, 11) is 1.56. The van der Waals surface area contributed by atoms with E-state index in [0.717, 1.165) is 41.7 Å². The summed E-state index contributed by atoms with van der Waals surface area (Å²) in [5.74, 6) is 1.09. The molecule has 134 valence electrons. The summed E-state index contributed by atoms with van der Waals surface area (Å²) in [4.78, 5) is 23.6. The van der Waals surface area contributed by atoms with Gasteiger partial charge < -0.3 is 13.9 Å². The van der Waals surface area contributed by atoms with Crippen LogP contribution in [-0.4, -0.2) is 25.4 Å². The lowest BCUT2D eigenvalue weighted by Gasteiger charge is -2.08. The lowest BCUT2D eigenvalue weighted by molar-refractivity contribution is -0.137. The minimum Gasteiger partial charge on any atom is -0.493 e. The van der Waals surface area contributed by atoms with Crippen LogP contribution in [-0.2, 0) is 9.53 Å². The molecular weight excluding hydrogens is 340 g/mol. The van der Waals surface area contributed by atoms with Gasteiger partial charge >= 0.3 is 11.6 Å². The maximum atomic E-state index is 11.8. The molecule has 1 heterocycles. The Morgan fingerprint density at radius 1 is 1.28 bits per heavy atom. The van der Waals surface area contributed by atoms with Gasteiger partial charge in [0.1, 0.15) is 0 Å². The molecule has 0 aliphatic rings. The maximum Gasteiger partial charge on any atom is 0.337 e. The van der Waals surface area contributed by atoms with E-state index in [0.29, 0.717) is 17.9 Å². The summed E-state index contributed by atoms with van der Waals surface area (Å²) in [5.41, 5.74) is 0.118. The Morgan fingerprint density at radius 2 is 2.08 bits per heavy atom. The number of esters is 1. The highest BCUT2D eigenvalue weighted by atomic mass is 32.2. The van der Waals surface area contributed by atoms with Crippen molar-refractivity contribution in [3.63, 3.8) is 0 Å². The second kappa shape index (κ2) is 9.93. The van der Waals surface area contributed by atoms with Gasteiger partial charge in [0.15, 0.2) is 11.3 Å². The molecule has 2 aromatic rings. The van der Waals surface area contributed by atoms with Gasteiger partial charge in [0.2, 0.25) is 0 Å². The van der Waals surface area contributed by atoms with Crippen molar-refractivity contribution in [1.82, 2.24) is 0 Å². The third kappa shape index (κ3) is 5.67. The first-order valence-electron chi connectivity index (χ1n) is 8.18. The number of thioether (sulfide) groups is 1. The van der Waals surface area contributed by atoms with E-state index >= 15 is 0 Å². The van der Waals surface area contributed by atoms with Crippen LogP contribution in [0.5, 0.6) is 5.75 Å². The van der Waals surface area contributed by atoms with Crippen LogP contribution in [0.1, 0.15) is 25.7 Å². The molecule has 0 saturated carbocycles. The van der Waals surface area contributed by atoms with E-state index in [1.54, 1.807) is 24.9 Å². The molecule has 5 nitrogen and oxygen atoms in total. The molecular formula is C19H22O5S. The molecule has 0 aliphatic carbocycles. The summed E-state index contributed by atoms with van der Waals surface area (Å²) in [6, 6.07) is 7.12. The number of carbonyl (C=O) groups excluding carboxylic acids is 1. The Morgan fingerprint density at radius 3 is 2.84 bits per heavy atom. The van der Waals surface area contributed by atoms with Crippen LogP contribution < -0.4 is 10.4 Å². The number of unbranched alkanes of at least 4 members (excludes halogenated alkanes) is 3. The number of carbonyl (C=O) groups is 1. The van der Waals surface area contributed by atoms with Crippen molar-refractivity contribution in [2.75, 3.05) is 19.5 Å². The quantitative estimate of drug-likeness (QED) is 0.208. The molecule has 1 aromatic carbocycles. The first kappa shape index (κ1) is 19.1. The summed E-state index contributed by atoms with van der Waals surface area (Å²) < 4.78 is 15.5. The number of benzene rings is 1. The number of methoxy groups -OCH3 is 1. The van der Waals surface area contributed by atoms with Gasteiger partial charge in [-0.15, -0.1) is 11.8 Å². The van der Waals surface area contributed by atoms with Crippen LogP contribution >= 0.6 is 11.8 Å². The minimum absolute atomic E-state index is 0.372. The molecule has 0 bridgehead atoms. The number of para-hydroxylation sites is 1. The van der Waals surface area contributed by atoms with E-state index in [2.05, 4.69) is 6.58 Å². The fourth-order valence-corrected chi connectivity index (χ4v) is 3.45. The largest absolute Gasteiger partial charge is 0.493 e. The minimum atomic E-state index is -0.374. The Balaban J connectivity index is 1.82. The smallest absolute Gasteiger partial charge is 0.337 e. The molecule has 0 spiro atoms. The fourth-order valence-electron chi connectivity index (χ4n) is 2.38. The lowest BCUT2D eigenvalue weighted by atomic mass is 10.2. The highest BCUT2D eigenvalue weighted by Crippen LogP contribution is 2.32. The van der Waals surface area contributed by atoms with Gasteiger partial charge in [-0.2, -0.15) is 0 Å². The fraction of sp³-hybridized carbons (Fsp3) is 0.368. The van der Waals surface area contributed by atoms with E-state index in [4.69, 9.17) is 13.9 Å². The molecule has 0 fully saturated rings. The average Bonchev–Trinajstić information content (AvgIpc) is 2.62. The molecule has 6 heteroatoms. The van der Waals surface area contributed by atoms with Gasteiger partial charge in [-0.05, 0) is 30.7 Å². The van der Waals surface area contributed by atoms with Gasteiger partial charge in [-0.25, -0.2) is 9.59 Å². The van der Waals surface area contributed by atoms with Crippen molar-refractivity contribution in [2.24, 2.45) is 0 Å². The predicted octanol–water partition coefficient (Wildman–Crippen LogP) is 4.18. The summed E-state index contributed by atoms with van der Waals surface area (Å²) in [5, 5.41) is 0.889. The lowest BCUT2D eigenvalue weighted by Crippen LogP contribution is -2.01. The molecule has 0 radical (unpaired) electrons. The summed E-state index contributed by atoms with van der Waals surface area (Å²) in [6.07, 6.45) is 5.08.